The highest BCUT2D eigenvalue weighted by Crippen LogP contribution is 2.36. The second-order valence-corrected chi connectivity index (χ2v) is 6.76. The number of carbonyl (C=O) groups excluding carboxylic acids is 1. The van der Waals surface area contributed by atoms with Crippen LogP contribution < -0.4 is 9.47 Å². The summed E-state index contributed by atoms with van der Waals surface area (Å²) in [7, 11) is 3.12. The molecule has 0 bridgehead atoms. The van der Waals surface area contributed by atoms with Crippen molar-refractivity contribution in [1.29, 1.82) is 0 Å². The summed E-state index contributed by atoms with van der Waals surface area (Å²) in [4.78, 5) is 22.5. The van der Waals surface area contributed by atoms with Crippen LogP contribution in [-0.2, 0) is 4.74 Å². The monoisotopic (exact) mass is 397 g/mol. The molecule has 8 heteroatoms. The Kier molecular flexibility index (Phi) is 5.37. The fraction of sp³-hybridized carbons (Fsp3) is 0.333. The molecule has 3 aromatic rings. The standard InChI is InChI=1S/C21H23N3O5/c1-27-16-6-4-14(11-17(16)28-2)19-18(12-25)29-10-9-24(19)21(26)15-5-3-13-7-8-22-20(13)23-15/h3-8,11,18-19,25H,9-10,12H2,1-2H3,(H,22,23)/t18-,19-/m0/s1. The van der Waals surface area contributed by atoms with E-state index in [9.17, 15) is 9.90 Å². The molecule has 0 aliphatic carbocycles. The van der Waals surface area contributed by atoms with Gasteiger partial charge in [0.15, 0.2) is 11.5 Å². The van der Waals surface area contributed by atoms with E-state index in [1.807, 2.05) is 24.3 Å². The molecule has 3 heterocycles. The van der Waals surface area contributed by atoms with Crippen LogP contribution in [0.25, 0.3) is 11.0 Å². The number of hydrogen-bond donors (Lipinski definition) is 2. The molecule has 1 aliphatic rings. The van der Waals surface area contributed by atoms with Gasteiger partial charge in [-0.2, -0.15) is 0 Å². The Bertz CT molecular complexity index is 1020. The third kappa shape index (κ3) is 3.52. The van der Waals surface area contributed by atoms with Crippen LogP contribution in [0.5, 0.6) is 11.5 Å². The van der Waals surface area contributed by atoms with Gasteiger partial charge in [-0.25, -0.2) is 4.98 Å². The van der Waals surface area contributed by atoms with Crippen LogP contribution in [0.15, 0.2) is 42.6 Å². The van der Waals surface area contributed by atoms with Gasteiger partial charge in [0.2, 0.25) is 0 Å². The maximum Gasteiger partial charge on any atom is 0.273 e. The average molecular weight is 397 g/mol. The quantitative estimate of drug-likeness (QED) is 0.685. The molecule has 2 aromatic heterocycles. The molecule has 2 N–H and O–H groups in total. The Labute approximate surface area is 168 Å². The van der Waals surface area contributed by atoms with Crippen LogP contribution in [0.2, 0.25) is 0 Å². The summed E-state index contributed by atoms with van der Waals surface area (Å²) in [6.07, 6.45) is 1.23. The van der Waals surface area contributed by atoms with Gasteiger partial charge in [0.25, 0.3) is 5.91 Å². The minimum atomic E-state index is -0.556. The number of morpholine rings is 1. The van der Waals surface area contributed by atoms with Crippen LogP contribution in [0.1, 0.15) is 22.1 Å². The fourth-order valence-electron chi connectivity index (χ4n) is 3.74. The van der Waals surface area contributed by atoms with Gasteiger partial charge in [0.1, 0.15) is 17.4 Å². The number of aliphatic hydroxyl groups is 1. The fourth-order valence-corrected chi connectivity index (χ4v) is 3.74. The Morgan fingerprint density at radius 3 is 2.83 bits per heavy atom. The van der Waals surface area contributed by atoms with E-state index in [0.717, 1.165) is 10.9 Å². The Morgan fingerprint density at radius 1 is 1.24 bits per heavy atom. The predicted octanol–water partition coefficient (Wildman–Crippen LogP) is 2.15. The van der Waals surface area contributed by atoms with Crippen molar-refractivity contribution in [3.8, 4) is 11.5 Å². The number of benzene rings is 1. The second-order valence-electron chi connectivity index (χ2n) is 6.76. The number of aliphatic hydroxyl groups excluding tert-OH is 1. The highest BCUT2D eigenvalue weighted by molar-refractivity contribution is 5.94. The van der Waals surface area contributed by atoms with E-state index in [4.69, 9.17) is 14.2 Å². The molecular formula is C21H23N3O5. The van der Waals surface area contributed by atoms with Crippen molar-refractivity contribution >= 4 is 16.9 Å². The van der Waals surface area contributed by atoms with Gasteiger partial charge in [-0.3, -0.25) is 4.79 Å². The van der Waals surface area contributed by atoms with Crippen molar-refractivity contribution in [2.24, 2.45) is 0 Å². The van der Waals surface area contributed by atoms with Crippen LogP contribution in [0, 0.1) is 0 Å². The summed E-state index contributed by atoms with van der Waals surface area (Å²) in [5, 5.41) is 10.8. The second kappa shape index (κ2) is 8.10. The van der Waals surface area contributed by atoms with E-state index >= 15 is 0 Å². The molecule has 1 aromatic carbocycles. The molecule has 1 saturated heterocycles. The smallest absolute Gasteiger partial charge is 0.273 e. The largest absolute Gasteiger partial charge is 0.493 e. The van der Waals surface area contributed by atoms with Gasteiger partial charge < -0.3 is 29.2 Å². The zero-order valence-corrected chi connectivity index (χ0v) is 16.3. The minimum Gasteiger partial charge on any atom is -0.493 e. The summed E-state index contributed by atoms with van der Waals surface area (Å²) >= 11 is 0. The molecule has 29 heavy (non-hydrogen) atoms. The summed E-state index contributed by atoms with van der Waals surface area (Å²) in [5.74, 6) is 0.916. The zero-order chi connectivity index (χ0) is 20.4. The van der Waals surface area contributed by atoms with Gasteiger partial charge in [0.05, 0.1) is 33.5 Å². The first-order valence-electron chi connectivity index (χ1n) is 9.35. The van der Waals surface area contributed by atoms with E-state index < -0.39 is 12.1 Å². The number of nitrogens with zero attached hydrogens (tertiary/aromatic N) is 2. The first-order valence-corrected chi connectivity index (χ1v) is 9.35. The molecule has 1 amide bonds. The van der Waals surface area contributed by atoms with Crippen molar-refractivity contribution in [2.45, 2.75) is 12.1 Å². The number of carbonyl (C=O) groups is 1. The average Bonchev–Trinajstić information content (AvgIpc) is 3.25. The molecule has 152 valence electrons. The number of rotatable bonds is 5. The number of aromatic amines is 1. The Balaban J connectivity index is 1.72. The van der Waals surface area contributed by atoms with Crippen LogP contribution in [0.3, 0.4) is 0 Å². The number of H-pyrrole nitrogens is 1. The van der Waals surface area contributed by atoms with Crippen molar-refractivity contribution in [1.82, 2.24) is 14.9 Å². The van der Waals surface area contributed by atoms with Crippen molar-refractivity contribution in [2.75, 3.05) is 34.0 Å². The summed E-state index contributed by atoms with van der Waals surface area (Å²) in [5.41, 5.74) is 1.78. The maximum absolute atomic E-state index is 13.3. The topological polar surface area (TPSA) is 96.9 Å². The van der Waals surface area contributed by atoms with Gasteiger partial charge in [-0.1, -0.05) is 6.07 Å². The Morgan fingerprint density at radius 2 is 2.07 bits per heavy atom. The molecule has 2 atom stereocenters. The van der Waals surface area contributed by atoms with Crippen molar-refractivity contribution in [3.63, 3.8) is 0 Å². The molecule has 0 unspecified atom stereocenters. The van der Waals surface area contributed by atoms with Gasteiger partial charge in [-0.05, 0) is 35.9 Å². The SMILES string of the molecule is COc1ccc([C@H]2[C@H](CO)OCCN2C(=O)c2ccc3cc[nH]c3n2)cc1OC. The lowest BCUT2D eigenvalue weighted by molar-refractivity contribution is -0.0813. The summed E-state index contributed by atoms with van der Waals surface area (Å²) in [6, 6.07) is 10.4. The van der Waals surface area contributed by atoms with E-state index in [-0.39, 0.29) is 12.5 Å². The number of methoxy groups -OCH3 is 2. The molecular weight excluding hydrogens is 374 g/mol. The number of fused-ring (bicyclic) bond motifs is 1. The van der Waals surface area contributed by atoms with Crippen LogP contribution in [-0.4, -0.2) is 66.0 Å². The first kappa shape index (κ1) is 19.2. The highest BCUT2D eigenvalue weighted by Gasteiger charge is 2.37. The number of nitrogens with one attached hydrogen (secondary N) is 1. The molecule has 0 saturated carbocycles. The van der Waals surface area contributed by atoms with Gasteiger partial charge in [0, 0.05) is 18.1 Å². The van der Waals surface area contributed by atoms with Gasteiger partial charge >= 0.3 is 0 Å². The maximum atomic E-state index is 13.3. The van der Waals surface area contributed by atoms with Crippen molar-refractivity contribution in [3.05, 3.63) is 53.9 Å². The summed E-state index contributed by atoms with van der Waals surface area (Å²) in [6.45, 7) is 0.510. The normalized spacial score (nSPS) is 19.3. The third-order valence-electron chi connectivity index (χ3n) is 5.17. The molecule has 0 spiro atoms. The van der Waals surface area contributed by atoms with Crippen LogP contribution in [0.4, 0.5) is 0 Å². The van der Waals surface area contributed by atoms with E-state index in [1.54, 1.807) is 37.4 Å². The Hall–Kier alpha value is -3.10. The molecule has 8 nitrogen and oxygen atoms in total. The zero-order valence-electron chi connectivity index (χ0n) is 16.3. The molecule has 0 radical (unpaired) electrons. The lowest BCUT2D eigenvalue weighted by Crippen LogP contribution is -2.49. The molecule has 4 rings (SSSR count). The van der Waals surface area contributed by atoms with Crippen molar-refractivity contribution < 1.29 is 24.1 Å². The van der Waals surface area contributed by atoms with E-state index in [2.05, 4.69) is 9.97 Å². The molecule has 1 fully saturated rings. The predicted molar refractivity (Wildman–Crippen MR) is 106 cm³/mol. The minimum absolute atomic E-state index is 0.216. The first-order chi connectivity index (χ1) is 14.2. The van der Waals surface area contributed by atoms with E-state index in [0.29, 0.717) is 36.0 Å². The highest BCUT2D eigenvalue weighted by atomic mass is 16.5. The number of ether oxygens (including phenoxy) is 3. The number of aromatic nitrogens is 2. The summed E-state index contributed by atoms with van der Waals surface area (Å²) < 4.78 is 16.5. The van der Waals surface area contributed by atoms with Crippen LogP contribution >= 0.6 is 0 Å². The third-order valence-corrected chi connectivity index (χ3v) is 5.17. The van der Waals surface area contributed by atoms with Gasteiger partial charge in [-0.15, -0.1) is 0 Å². The lowest BCUT2D eigenvalue weighted by Gasteiger charge is -2.40. The van der Waals surface area contributed by atoms with E-state index in [1.165, 1.54) is 0 Å². The number of hydrogen-bond acceptors (Lipinski definition) is 6. The number of amides is 1. The molecule has 1 aliphatic heterocycles. The number of pyridine rings is 1. The lowest BCUT2D eigenvalue weighted by atomic mass is 9.97.